The van der Waals surface area contributed by atoms with Crippen LogP contribution < -0.4 is 11.1 Å². The van der Waals surface area contributed by atoms with Gasteiger partial charge in [0.05, 0.1) is 7.11 Å². The van der Waals surface area contributed by atoms with Crippen molar-refractivity contribution in [3.05, 3.63) is 29.3 Å². The van der Waals surface area contributed by atoms with Gasteiger partial charge in [0.1, 0.15) is 6.04 Å². The first-order chi connectivity index (χ1) is 8.49. The molecule has 0 bridgehead atoms. The SMILES string of the molecule is CCC(NC(=O)c1cc(N)ccc1C)C(=O)OC. The van der Waals surface area contributed by atoms with Gasteiger partial charge in [0.25, 0.3) is 5.91 Å². The lowest BCUT2D eigenvalue weighted by Crippen LogP contribution is -2.41. The monoisotopic (exact) mass is 250 g/mol. The quantitative estimate of drug-likeness (QED) is 0.622. The van der Waals surface area contributed by atoms with E-state index in [1.165, 1.54) is 7.11 Å². The summed E-state index contributed by atoms with van der Waals surface area (Å²) in [6.07, 6.45) is 0.472. The molecule has 1 aromatic rings. The molecule has 0 aliphatic heterocycles. The largest absolute Gasteiger partial charge is 0.467 e. The Morgan fingerprint density at radius 3 is 2.67 bits per heavy atom. The number of amides is 1. The summed E-state index contributed by atoms with van der Waals surface area (Å²) in [6.45, 7) is 3.61. The average Bonchev–Trinajstić information content (AvgIpc) is 2.37. The van der Waals surface area contributed by atoms with Crippen LogP contribution in [0.1, 0.15) is 29.3 Å². The van der Waals surface area contributed by atoms with E-state index in [1.54, 1.807) is 25.1 Å². The van der Waals surface area contributed by atoms with Crippen molar-refractivity contribution in [1.29, 1.82) is 0 Å². The number of hydrogen-bond donors (Lipinski definition) is 2. The van der Waals surface area contributed by atoms with Gasteiger partial charge in [-0.25, -0.2) is 4.79 Å². The average molecular weight is 250 g/mol. The molecule has 0 saturated heterocycles. The van der Waals surface area contributed by atoms with Crippen LogP contribution in [0.5, 0.6) is 0 Å². The van der Waals surface area contributed by atoms with E-state index in [2.05, 4.69) is 10.1 Å². The van der Waals surface area contributed by atoms with E-state index in [0.29, 0.717) is 17.7 Å². The number of nitrogens with two attached hydrogens (primary N) is 1. The molecule has 0 aliphatic carbocycles. The van der Waals surface area contributed by atoms with Crippen molar-refractivity contribution in [3.8, 4) is 0 Å². The highest BCUT2D eigenvalue weighted by Gasteiger charge is 2.20. The molecule has 1 amide bonds. The van der Waals surface area contributed by atoms with E-state index in [9.17, 15) is 9.59 Å². The first kappa shape index (κ1) is 14.0. The van der Waals surface area contributed by atoms with E-state index < -0.39 is 12.0 Å². The molecule has 1 unspecified atom stereocenters. The van der Waals surface area contributed by atoms with Gasteiger partial charge in [-0.15, -0.1) is 0 Å². The van der Waals surface area contributed by atoms with Gasteiger partial charge in [-0.1, -0.05) is 13.0 Å². The predicted octanol–water partition coefficient (Wildman–Crippen LogP) is 1.26. The number of nitrogen functional groups attached to an aromatic ring is 1. The molecule has 0 saturated carbocycles. The molecule has 98 valence electrons. The van der Waals surface area contributed by atoms with Crippen LogP contribution in [0.15, 0.2) is 18.2 Å². The summed E-state index contributed by atoms with van der Waals surface area (Å²) in [5.41, 5.74) is 7.43. The second-order valence-electron chi connectivity index (χ2n) is 4.03. The zero-order valence-electron chi connectivity index (χ0n) is 10.8. The van der Waals surface area contributed by atoms with Gasteiger partial charge >= 0.3 is 5.97 Å². The van der Waals surface area contributed by atoms with Gasteiger partial charge in [0.2, 0.25) is 0 Å². The number of rotatable bonds is 4. The normalized spacial score (nSPS) is 11.7. The smallest absolute Gasteiger partial charge is 0.328 e. The van der Waals surface area contributed by atoms with E-state index in [0.717, 1.165) is 5.56 Å². The Hall–Kier alpha value is -2.04. The van der Waals surface area contributed by atoms with Crippen molar-refractivity contribution in [3.63, 3.8) is 0 Å². The summed E-state index contributed by atoms with van der Waals surface area (Å²) in [4.78, 5) is 23.4. The van der Waals surface area contributed by atoms with Crippen LogP contribution >= 0.6 is 0 Å². The lowest BCUT2D eigenvalue weighted by molar-refractivity contribution is -0.142. The van der Waals surface area contributed by atoms with Crippen LogP contribution in [0.3, 0.4) is 0 Å². The van der Waals surface area contributed by atoms with Crippen LogP contribution in [0.4, 0.5) is 5.69 Å². The van der Waals surface area contributed by atoms with Crippen molar-refractivity contribution in [1.82, 2.24) is 5.32 Å². The summed E-state index contributed by atoms with van der Waals surface area (Å²) >= 11 is 0. The molecule has 5 heteroatoms. The maximum Gasteiger partial charge on any atom is 0.328 e. The summed E-state index contributed by atoms with van der Waals surface area (Å²) in [5.74, 6) is -0.774. The molecule has 1 rings (SSSR count). The molecule has 1 atom stereocenters. The highest BCUT2D eigenvalue weighted by Crippen LogP contribution is 2.13. The fourth-order valence-electron chi connectivity index (χ4n) is 1.59. The minimum atomic E-state index is -0.636. The molecule has 1 aromatic carbocycles. The number of benzene rings is 1. The molecule has 3 N–H and O–H groups in total. The third-order valence-electron chi connectivity index (χ3n) is 2.71. The fraction of sp³-hybridized carbons (Fsp3) is 0.385. The highest BCUT2D eigenvalue weighted by atomic mass is 16.5. The number of methoxy groups -OCH3 is 1. The Balaban J connectivity index is 2.87. The molecular formula is C13H18N2O3. The maximum atomic E-state index is 12.0. The van der Waals surface area contributed by atoms with Crippen molar-refractivity contribution in [2.24, 2.45) is 0 Å². The Morgan fingerprint density at radius 1 is 1.44 bits per heavy atom. The van der Waals surface area contributed by atoms with Crippen LogP contribution in [-0.2, 0) is 9.53 Å². The zero-order valence-corrected chi connectivity index (χ0v) is 10.8. The molecule has 0 aliphatic rings. The Kier molecular flexibility index (Phi) is 4.71. The molecule has 0 radical (unpaired) electrons. The summed E-state index contributed by atoms with van der Waals surface area (Å²) in [5, 5.41) is 2.63. The third-order valence-corrected chi connectivity index (χ3v) is 2.71. The van der Waals surface area contributed by atoms with Crippen molar-refractivity contribution in [2.45, 2.75) is 26.3 Å². The van der Waals surface area contributed by atoms with Crippen LogP contribution in [0.25, 0.3) is 0 Å². The Morgan fingerprint density at radius 2 is 2.11 bits per heavy atom. The van der Waals surface area contributed by atoms with Gasteiger partial charge in [-0.05, 0) is 31.0 Å². The minimum Gasteiger partial charge on any atom is -0.467 e. The lowest BCUT2D eigenvalue weighted by atomic mass is 10.1. The predicted molar refractivity (Wildman–Crippen MR) is 69.2 cm³/mol. The van der Waals surface area contributed by atoms with Crippen molar-refractivity contribution in [2.75, 3.05) is 12.8 Å². The number of hydrogen-bond acceptors (Lipinski definition) is 4. The van der Waals surface area contributed by atoms with E-state index in [1.807, 2.05) is 6.92 Å². The highest BCUT2D eigenvalue weighted by molar-refractivity contribution is 5.98. The lowest BCUT2D eigenvalue weighted by Gasteiger charge is -2.15. The Labute approximate surface area is 106 Å². The molecule has 18 heavy (non-hydrogen) atoms. The molecular weight excluding hydrogens is 232 g/mol. The number of carbonyl (C=O) groups excluding carboxylic acids is 2. The van der Waals surface area contributed by atoms with Gasteiger partial charge in [-0.3, -0.25) is 4.79 Å². The fourth-order valence-corrected chi connectivity index (χ4v) is 1.59. The van der Waals surface area contributed by atoms with Crippen molar-refractivity contribution < 1.29 is 14.3 Å². The van der Waals surface area contributed by atoms with Crippen molar-refractivity contribution >= 4 is 17.6 Å². The number of ether oxygens (including phenoxy) is 1. The van der Waals surface area contributed by atoms with E-state index in [-0.39, 0.29) is 5.91 Å². The van der Waals surface area contributed by atoms with Gasteiger partial charge < -0.3 is 15.8 Å². The first-order valence-electron chi connectivity index (χ1n) is 5.74. The maximum absolute atomic E-state index is 12.0. The second-order valence-corrected chi connectivity index (χ2v) is 4.03. The minimum absolute atomic E-state index is 0.322. The number of esters is 1. The number of carbonyl (C=O) groups is 2. The van der Waals surface area contributed by atoms with Crippen LogP contribution in [0.2, 0.25) is 0 Å². The van der Waals surface area contributed by atoms with Gasteiger partial charge in [0.15, 0.2) is 0 Å². The van der Waals surface area contributed by atoms with E-state index in [4.69, 9.17) is 5.73 Å². The molecule has 0 fully saturated rings. The number of aryl methyl sites for hydroxylation is 1. The summed E-state index contributed by atoms with van der Waals surface area (Å²) < 4.78 is 4.62. The standard InChI is InChI=1S/C13H18N2O3/c1-4-11(13(17)18-3)15-12(16)10-7-9(14)6-5-8(10)2/h5-7,11H,4,14H2,1-3H3,(H,15,16). The first-order valence-corrected chi connectivity index (χ1v) is 5.74. The molecule has 0 spiro atoms. The van der Waals surface area contributed by atoms with E-state index >= 15 is 0 Å². The number of nitrogens with one attached hydrogen (secondary N) is 1. The van der Waals surface area contributed by atoms with Gasteiger partial charge in [0, 0.05) is 11.3 Å². The summed E-state index contributed by atoms with van der Waals surface area (Å²) in [7, 11) is 1.29. The molecule has 5 nitrogen and oxygen atoms in total. The van der Waals surface area contributed by atoms with Crippen LogP contribution in [-0.4, -0.2) is 25.0 Å². The Bertz CT molecular complexity index is 458. The molecule has 0 heterocycles. The topological polar surface area (TPSA) is 81.4 Å². The zero-order chi connectivity index (χ0) is 13.7. The van der Waals surface area contributed by atoms with Crippen LogP contribution in [0, 0.1) is 6.92 Å². The summed E-state index contributed by atoms with van der Waals surface area (Å²) in [6, 6.07) is 4.45. The third kappa shape index (κ3) is 3.23. The van der Waals surface area contributed by atoms with Gasteiger partial charge in [-0.2, -0.15) is 0 Å². The second kappa shape index (κ2) is 6.05. The molecule has 0 aromatic heterocycles. The number of anilines is 1.